The molecule has 32 heavy (non-hydrogen) atoms. The summed E-state index contributed by atoms with van der Waals surface area (Å²) in [6.45, 7) is 0. The molecule has 2 fully saturated rings. The second-order valence-electron chi connectivity index (χ2n) is 7.57. The first-order chi connectivity index (χ1) is 15.3. The van der Waals surface area contributed by atoms with Crippen molar-refractivity contribution in [1.29, 1.82) is 0 Å². The zero-order chi connectivity index (χ0) is 23.0. The Morgan fingerprint density at radius 1 is 1.00 bits per heavy atom. The van der Waals surface area contributed by atoms with Crippen LogP contribution in [0, 0.1) is 0 Å². The van der Waals surface area contributed by atoms with Crippen LogP contribution in [-0.4, -0.2) is 56.8 Å². The van der Waals surface area contributed by atoms with Gasteiger partial charge in [-0.3, -0.25) is 9.59 Å². The predicted octanol–water partition coefficient (Wildman–Crippen LogP) is 1.97. The quantitative estimate of drug-likeness (QED) is 0.461. The summed E-state index contributed by atoms with van der Waals surface area (Å²) in [5.41, 5.74) is 0.543. The van der Waals surface area contributed by atoms with Gasteiger partial charge in [-0.05, 0) is 61.4 Å². The van der Waals surface area contributed by atoms with Gasteiger partial charge in [-0.2, -0.15) is 4.31 Å². The van der Waals surface area contributed by atoms with Gasteiger partial charge in [0.2, 0.25) is 15.9 Å². The van der Waals surface area contributed by atoms with Crippen LogP contribution >= 0.6 is 0 Å². The Labute approximate surface area is 185 Å². The molecule has 9 nitrogen and oxygen atoms in total. The molecule has 4 rings (SSSR count). The molecule has 2 aliphatic rings. The van der Waals surface area contributed by atoms with E-state index >= 15 is 0 Å². The van der Waals surface area contributed by atoms with Crippen LogP contribution in [0.15, 0.2) is 53.4 Å². The minimum Gasteiger partial charge on any atom is -0.497 e. The van der Waals surface area contributed by atoms with Crippen molar-refractivity contribution in [1.82, 2.24) is 4.31 Å². The standard InChI is InChI=1S/C22H22N2O7S/c1-30-17-9-11-18(12-10-17)32(28,29)24(16-7-8-16)19-13-20(25)23(21(19)26)15-5-3-14(4-6-15)22(27)31-2/h3-6,9-12,16,19H,7-8,13H2,1-2H3. The van der Waals surface area contributed by atoms with E-state index in [1.807, 2.05) is 0 Å². The summed E-state index contributed by atoms with van der Waals surface area (Å²) < 4.78 is 37.7. The number of carbonyl (C=O) groups is 3. The van der Waals surface area contributed by atoms with Gasteiger partial charge in [0, 0.05) is 6.04 Å². The van der Waals surface area contributed by atoms with Crippen molar-refractivity contribution in [3.63, 3.8) is 0 Å². The molecule has 1 atom stereocenters. The molecule has 1 heterocycles. The van der Waals surface area contributed by atoms with Crippen molar-refractivity contribution >= 4 is 33.5 Å². The molecule has 1 saturated heterocycles. The number of ether oxygens (including phenoxy) is 2. The molecule has 0 radical (unpaired) electrons. The first-order valence-electron chi connectivity index (χ1n) is 10.0. The fourth-order valence-corrected chi connectivity index (χ4v) is 5.59. The molecular formula is C22H22N2O7S. The average molecular weight is 458 g/mol. The Morgan fingerprint density at radius 3 is 2.16 bits per heavy atom. The maximum absolute atomic E-state index is 13.4. The summed E-state index contributed by atoms with van der Waals surface area (Å²) in [6, 6.07) is 10.3. The monoisotopic (exact) mass is 458 g/mol. The van der Waals surface area contributed by atoms with E-state index < -0.39 is 33.8 Å². The van der Waals surface area contributed by atoms with Gasteiger partial charge in [0.05, 0.1) is 36.8 Å². The van der Waals surface area contributed by atoms with Crippen LogP contribution < -0.4 is 9.64 Å². The van der Waals surface area contributed by atoms with Gasteiger partial charge in [0.25, 0.3) is 5.91 Å². The van der Waals surface area contributed by atoms with Crippen molar-refractivity contribution < 1.29 is 32.3 Å². The van der Waals surface area contributed by atoms with E-state index in [1.54, 1.807) is 0 Å². The lowest BCUT2D eigenvalue weighted by atomic mass is 10.2. The molecule has 2 aromatic carbocycles. The zero-order valence-corrected chi connectivity index (χ0v) is 18.4. The Balaban J connectivity index is 1.64. The highest BCUT2D eigenvalue weighted by molar-refractivity contribution is 7.89. The van der Waals surface area contributed by atoms with Crippen LogP contribution in [0.2, 0.25) is 0 Å². The number of nitrogens with zero attached hydrogens (tertiary/aromatic N) is 2. The number of esters is 1. The summed E-state index contributed by atoms with van der Waals surface area (Å²) in [5.74, 6) is -1.14. The minimum absolute atomic E-state index is 0.0336. The number of hydrogen-bond acceptors (Lipinski definition) is 7. The fraction of sp³-hybridized carbons (Fsp3) is 0.318. The predicted molar refractivity (Wildman–Crippen MR) is 114 cm³/mol. The molecule has 0 N–H and O–H groups in total. The van der Waals surface area contributed by atoms with Crippen LogP contribution in [0.25, 0.3) is 0 Å². The summed E-state index contributed by atoms with van der Waals surface area (Å²) in [5, 5.41) is 0. The third-order valence-electron chi connectivity index (χ3n) is 5.52. The molecule has 0 spiro atoms. The number of amides is 2. The number of hydrogen-bond donors (Lipinski definition) is 0. The highest BCUT2D eigenvalue weighted by Gasteiger charge is 2.51. The maximum Gasteiger partial charge on any atom is 0.337 e. The van der Waals surface area contributed by atoms with E-state index in [9.17, 15) is 22.8 Å². The maximum atomic E-state index is 13.4. The average Bonchev–Trinajstić information content (AvgIpc) is 3.58. The van der Waals surface area contributed by atoms with Gasteiger partial charge in [-0.25, -0.2) is 18.1 Å². The number of rotatable bonds is 7. The van der Waals surface area contributed by atoms with E-state index in [1.165, 1.54) is 67.1 Å². The molecule has 0 bridgehead atoms. The fourth-order valence-electron chi connectivity index (χ4n) is 3.77. The second-order valence-corrected chi connectivity index (χ2v) is 9.41. The van der Waals surface area contributed by atoms with Gasteiger partial charge in [0.1, 0.15) is 11.8 Å². The number of benzene rings is 2. The van der Waals surface area contributed by atoms with Crippen molar-refractivity contribution in [2.24, 2.45) is 0 Å². The van der Waals surface area contributed by atoms with Gasteiger partial charge >= 0.3 is 5.97 Å². The summed E-state index contributed by atoms with van der Waals surface area (Å²) >= 11 is 0. The second kappa shape index (κ2) is 8.36. The molecule has 1 unspecified atom stereocenters. The lowest BCUT2D eigenvalue weighted by Gasteiger charge is -2.26. The SMILES string of the molecule is COC(=O)c1ccc(N2C(=O)CC(N(C3CC3)S(=O)(=O)c3ccc(OC)cc3)C2=O)cc1. The normalized spacial score (nSPS) is 18.8. The van der Waals surface area contributed by atoms with Crippen LogP contribution in [0.4, 0.5) is 5.69 Å². The third-order valence-corrected chi connectivity index (χ3v) is 7.49. The molecule has 0 aromatic heterocycles. The van der Waals surface area contributed by atoms with Gasteiger partial charge in [0.15, 0.2) is 0 Å². The minimum atomic E-state index is -4.01. The summed E-state index contributed by atoms with van der Waals surface area (Å²) in [6.07, 6.45) is 1.01. The molecule has 2 amide bonds. The van der Waals surface area contributed by atoms with E-state index in [4.69, 9.17) is 4.74 Å². The number of methoxy groups -OCH3 is 2. The lowest BCUT2D eigenvalue weighted by molar-refractivity contribution is -0.122. The highest BCUT2D eigenvalue weighted by Crippen LogP contribution is 2.38. The van der Waals surface area contributed by atoms with Crippen LogP contribution in [0.3, 0.4) is 0 Å². The zero-order valence-electron chi connectivity index (χ0n) is 17.6. The van der Waals surface area contributed by atoms with Crippen LogP contribution in [0.1, 0.15) is 29.6 Å². The highest BCUT2D eigenvalue weighted by atomic mass is 32.2. The summed E-state index contributed by atoms with van der Waals surface area (Å²) in [7, 11) is -1.28. The van der Waals surface area contributed by atoms with E-state index in [2.05, 4.69) is 4.74 Å². The Kier molecular flexibility index (Phi) is 5.74. The first kappa shape index (κ1) is 22.0. The van der Waals surface area contributed by atoms with Gasteiger partial charge in [-0.15, -0.1) is 0 Å². The van der Waals surface area contributed by atoms with Gasteiger partial charge in [-0.1, -0.05) is 0 Å². The first-order valence-corrected chi connectivity index (χ1v) is 11.4. The molecule has 168 valence electrons. The largest absolute Gasteiger partial charge is 0.497 e. The number of carbonyl (C=O) groups excluding carboxylic acids is 3. The van der Waals surface area contributed by atoms with E-state index in [0.717, 1.165) is 4.90 Å². The van der Waals surface area contributed by atoms with Gasteiger partial charge < -0.3 is 9.47 Å². The van der Waals surface area contributed by atoms with E-state index in [-0.39, 0.29) is 28.6 Å². The molecular weight excluding hydrogens is 436 g/mol. The summed E-state index contributed by atoms with van der Waals surface area (Å²) in [4.78, 5) is 38.6. The molecule has 1 aliphatic carbocycles. The van der Waals surface area contributed by atoms with Crippen LogP contribution in [-0.2, 0) is 24.3 Å². The van der Waals surface area contributed by atoms with Crippen molar-refractivity contribution in [2.75, 3.05) is 19.1 Å². The van der Waals surface area contributed by atoms with Crippen molar-refractivity contribution in [2.45, 2.75) is 36.2 Å². The van der Waals surface area contributed by atoms with Crippen molar-refractivity contribution in [3.8, 4) is 5.75 Å². The molecule has 1 saturated carbocycles. The number of anilines is 1. The molecule has 1 aliphatic heterocycles. The topological polar surface area (TPSA) is 110 Å². The number of imide groups is 1. The Hall–Kier alpha value is -3.24. The molecule has 10 heteroatoms. The molecule has 2 aromatic rings. The third kappa shape index (κ3) is 3.87. The van der Waals surface area contributed by atoms with E-state index in [0.29, 0.717) is 18.6 Å². The lowest BCUT2D eigenvalue weighted by Crippen LogP contribution is -2.46. The Bertz CT molecular complexity index is 1160. The van der Waals surface area contributed by atoms with Crippen molar-refractivity contribution in [3.05, 3.63) is 54.1 Å². The smallest absolute Gasteiger partial charge is 0.337 e. The Morgan fingerprint density at radius 2 is 1.62 bits per heavy atom. The van der Waals surface area contributed by atoms with Crippen LogP contribution in [0.5, 0.6) is 5.75 Å². The number of sulfonamides is 1.